The largest absolute Gasteiger partial charge is 0.323 e. The molecule has 1 fully saturated rings. The Morgan fingerprint density at radius 3 is 1.34 bits per heavy atom. The van der Waals surface area contributed by atoms with Gasteiger partial charge in [-0.25, -0.2) is 10.5 Å². The van der Waals surface area contributed by atoms with Gasteiger partial charge in [-0.15, -0.1) is 0 Å². The van der Waals surface area contributed by atoms with Crippen molar-refractivity contribution in [1.29, 1.82) is 0 Å². The van der Waals surface area contributed by atoms with Gasteiger partial charge in [0, 0.05) is 18.8 Å². The zero-order chi connectivity index (χ0) is 26.3. The average Bonchev–Trinajstić information content (AvgIpc) is 2.85. The van der Waals surface area contributed by atoms with E-state index in [1.807, 2.05) is 0 Å². The second-order valence-electron chi connectivity index (χ2n) is 12.0. The maximum atomic E-state index is 6.62. The molecule has 0 unspecified atom stereocenters. The minimum atomic E-state index is 0.542. The highest BCUT2D eigenvalue weighted by molar-refractivity contribution is 4.90. The summed E-state index contributed by atoms with van der Waals surface area (Å²) in [6.45, 7) is 8.57. The van der Waals surface area contributed by atoms with E-state index in [1.54, 1.807) is 0 Å². The van der Waals surface area contributed by atoms with Crippen molar-refractivity contribution in [2.75, 3.05) is 20.6 Å². The van der Waals surface area contributed by atoms with Crippen molar-refractivity contribution in [3.8, 4) is 0 Å². The van der Waals surface area contributed by atoms with Gasteiger partial charge in [0.25, 0.3) is 0 Å². The van der Waals surface area contributed by atoms with Gasteiger partial charge in [-0.05, 0) is 25.7 Å². The number of quaternary nitrogens is 1. The number of hydrogen-bond acceptors (Lipinski definition) is 3. The molecule has 0 heterocycles. The van der Waals surface area contributed by atoms with Crippen molar-refractivity contribution in [2.45, 2.75) is 174 Å². The van der Waals surface area contributed by atoms with Gasteiger partial charge in [0.15, 0.2) is 0 Å². The number of unbranched alkanes of at least 4 members (excludes halogenated alkanes) is 13. The zero-order valence-corrected chi connectivity index (χ0v) is 24.8. The van der Waals surface area contributed by atoms with E-state index in [9.17, 15) is 0 Å². The van der Waals surface area contributed by atoms with Crippen LogP contribution in [0.5, 0.6) is 0 Å². The molecule has 0 amide bonds. The first-order valence-electron chi connectivity index (χ1n) is 15.7. The molecule has 0 saturated heterocycles. The van der Waals surface area contributed by atoms with Crippen molar-refractivity contribution >= 4 is 0 Å². The molecular formula is C31H66NO3+. The molecule has 0 aromatic rings. The number of nitrogens with zero attached hydrogens (tertiary/aromatic N) is 1. The molecule has 0 bridgehead atoms. The van der Waals surface area contributed by atoms with Crippen LogP contribution in [-0.2, 0) is 5.04 Å². The molecule has 1 rings (SSSR count). The summed E-state index contributed by atoms with van der Waals surface area (Å²) in [5.41, 5.74) is 0.542. The third-order valence-corrected chi connectivity index (χ3v) is 9.01. The fourth-order valence-corrected chi connectivity index (χ4v) is 7.06. The van der Waals surface area contributed by atoms with Crippen LogP contribution >= 0.6 is 0 Å². The van der Waals surface area contributed by atoms with Crippen molar-refractivity contribution in [1.82, 2.24) is 0 Å². The molecule has 0 aliphatic heterocycles. The summed E-state index contributed by atoms with van der Waals surface area (Å²) < 4.78 is 1.29. The van der Waals surface area contributed by atoms with Gasteiger partial charge in [0.1, 0.15) is 5.54 Å². The first kappa shape index (κ1) is 34.8. The summed E-state index contributed by atoms with van der Waals surface area (Å²) in [4.78, 5) is 0. The van der Waals surface area contributed by atoms with Crippen LogP contribution in [0, 0.1) is 5.92 Å². The summed E-state index contributed by atoms with van der Waals surface area (Å²) >= 11 is 0. The molecule has 0 aromatic heterocycles. The van der Waals surface area contributed by atoms with Gasteiger partial charge >= 0.3 is 0 Å². The van der Waals surface area contributed by atoms with Crippen LogP contribution in [0.15, 0.2) is 0 Å². The molecule has 1 aliphatic rings. The van der Waals surface area contributed by atoms with Gasteiger partial charge < -0.3 is 4.48 Å². The Labute approximate surface area is 220 Å². The van der Waals surface area contributed by atoms with E-state index in [2.05, 4.69) is 39.9 Å². The van der Waals surface area contributed by atoms with E-state index < -0.39 is 0 Å². The van der Waals surface area contributed by atoms with Crippen molar-refractivity contribution in [3.63, 3.8) is 0 Å². The minimum absolute atomic E-state index is 0.542. The smallest absolute Gasteiger partial charge is 0.102 e. The Hall–Kier alpha value is -0.160. The number of hydrogen-bond donors (Lipinski definition) is 2. The highest BCUT2D eigenvalue weighted by atomic mass is 17.4. The fourth-order valence-electron chi connectivity index (χ4n) is 7.06. The lowest BCUT2D eigenvalue weighted by molar-refractivity contribution is -0.948. The topological polar surface area (TPSA) is 49.7 Å². The lowest BCUT2D eigenvalue weighted by Gasteiger charge is -2.54. The van der Waals surface area contributed by atoms with Gasteiger partial charge in [-0.1, -0.05) is 135 Å². The molecule has 4 nitrogen and oxygen atoms in total. The quantitative estimate of drug-likeness (QED) is 0.0713. The van der Waals surface area contributed by atoms with E-state index >= 15 is 0 Å². The molecular weight excluding hydrogens is 434 g/mol. The van der Waals surface area contributed by atoms with Gasteiger partial charge in [-0.2, -0.15) is 0 Å². The predicted molar refractivity (Wildman–Crippen MR) is 153 cm³/mol. The van der Waals surface area contributed by atoms with Crippen LogP contribution in [0.2, 0.25) is 0 Å². The van der Waals surface area contributed by atoms with Gasteiger partial charge in [-0.3, -0.25) is 0 Å². The summed E-state index contributed by atoms with van der Waals surface area (Å²) in [5.74, 6) is 0.970. The van der Waals surface area contributed by atoms with Crippen LogP contribution in [0.3, 0.4) is 0 Å². The highest BCUT2D eigenvalue weighted by Gasteiger charge is 2.49. The molecule has 1 saturated carbocycles. The second-order valence-corrected chi connectivity index (χ2v) is 12.0. The first-order chi connectivity index (χ1) is 17.0. The SMILES string of the molecule is CCCCCCCCCCCCCCCC[N+](C)(C)C(CCC)(CCC)C1CCCCC1.OOO. The second kappa shape index (κ2) is 23.0. The van der Waals surface area contributed by atoms with Crippen LogP contribution < -0.4 is 0 Å². The van der Waals surface area contributed by atoms with Gasteiger partial charge in [0.2, 0.25) is 0 Å². The normalized spacial score (nSPS) is 15.2. The lowest BCUT2D eigenvalue weighted by Crippen LogP contribution is -2.64. The molecule has 2 N–H and O–H groups in total. The van der Waals surface area contributed by atoms with E-state index in [-0.39, 0.29) is 0 Å². The lowest BCUT2D eigenvalue weighted by atomic mass is 9.68. The van der Waals surface area contributed by atoms with Crippen molar-refractivity contribution < 1.29 is 20.0 Å². The van der Waals surface area contributed by atoms with Crippen LogP contribution in [0.25, 0.3) is 0 Å². The van der Waals surface area contributed by atoms with Crippen molar-refractivity contribution in [2.24, 2.45) is 5.92 Å². The average molecular weight is 501 g/mol. The molecule has 0 radical (unpaired) electrons. The maximum Gasteiger partial charge on any atom is 0.102 e. The first-order valence-corrected chi connectivity index (χ1v) is 15.7. The predicted octanol–water partition coefficient (Wildman–Crippen LogP) is 10.4. The Bertz CT molecular complexity index is 429. The minimum Gasteiger partial charge on any atom is -0.323 e. The molecule has 0 aromatic carbocycles. The Morgan fingerprint density at radius 1 is 0.600 bits per heavy atom. The summed E-state index contributed by atoms with van der Waals surface area (Å²) in [6, 6.07) is 0. The van der Waals surface area contributed by atoms with Crippen LogP contribution in [0.4, 0.5) is 0 Å². The summed E-state index contributed by atoms with van der Waals surface area (Å²) in [5, 5.41) is 15.5. The molecule has 0 atom stereocenters. The molecule has 35 heavy (non-hydrogen) atoms. The van der Waals surface area contributed by atoms with Crippen LogP contribution in [0.1, 0.15) is 168 Å². The van der Waals surface area contributed by atoms with Crippen molar-refractivity contribution in [3.05, 3.63) is 0 Å². The van der Waals surface area contributed by atoms with E-state index in [0.29, 0.717) is 5.54 Å². The van der Waals surface area contributed by atoms with E-state index in [1.165, 1.54) is 159 Å². The third-order valence-electron chi connectivity index (χ3n) is 9.01. The van der Waals surface area contributed by atoms with E-state index in [4.69, 9.17) is 10.5 Å². The third kappa shape index (κ3) is 15.0. The highest BCUT2D eigenvalue weighted by Crippen LogP contribution is 2.45. The Morgan fingerprint density at radius 2 is 0.971 bits per heavy atom. The van der Waals surface area contributed by atoms with E-state index in [0.717, 1.165) is 5.92 Å². The number of rotatable bonds is 21. The molecule has 4 heteroatoms. The maximum absolute atomic E-state index is 6.62. The van der Waals surface area contributed by atoms with Crippen LogP contribution in [-0.4, -0.2) is 41.2 Å². The monoisotopic (exact) mass is 501 g/mol. The zero-order valence-electron chi connectivity index (χ0n) is 24.8. The summed E-state index contributed by atoms with van der Waals surface area (Å²) in [6.07, 6.45) is 33.5. The van der Waals surface area contributed by atoms with Gasteiger partial charge in [0.05, 0.1) is 20.6 Å². The standard InChI is InChI=1S/C31H64N.H2O3/c1-6-9-10-11-12-13-14-15-16-17-18-19-20-24-29-32(4,5)31(27-7-2,28-8-3)30-25-22-21-23-26-30;1-3-2/h30H,6-29H2,1-5H3;1-2H/q+1;. The fraction of sp³-hybridized carbons (Fsp3) is 1.00. The Kier molecular flexibility index (Phi) is 22.9. The summed E-state index contributed by atoms with van der Waals surface area (Å²) in [7, 11) is 5.20. The molecule has 0 spiro atoms. The Balaban J connectivity index is 0.00000365. The molecule has 212 valence electrons. The molecule has 1 aliphatic carbocycles.